The van der Waals surface area contributed by atoms with E-state index in [1.165, 1.54) is 12.8 Å². The van der Waals surface area contributed by atoms with Crippen molar-refractivity contribution in [3.8, 4) is 5.75 Å². The summed E-state index contributed by atoms with van der Waals surface area (Å²) in [7, 11) is 2.10. The van der Waals surface area contributed by atoms with E-state index < -0.39 is 0 Å². The number of nitrogen functional groups attached to an aromatic ring is 1. The van der Waals surface area contributed by atoms with Crippen LogP contribution in [0.3, 0.4) is 0 Å². The molecule has 4 nitrogen and oxygen atoms in total. The van der Waals surface area contributed by atoms with Crippen molar-refractivity contribution in [2.24, 2.45) is 5.92 Å². The van der Waals surface area contributed by atoms with Gasteiger partial charge in [0.1, 0.15) is 5.75 Å². The molecule has 1 aromatic carbocycles. The molecule has 20 heavy (non-hydrogen) atoms. The molecule has 0 spiro atoms. The molecule has 1 aliphatic rings. The van der Waals surface area contributed by atoms with Gasteiger partial charge in [0.2, 0.25) is 0 Å². The Balaban J connectivity index is 1.78. The Morgan fingerprint density at radius 3 is 2.85 bits per heavy atom. The van der Waals surface area contributed by atoms with E-state index >= 15 is 0 Å². The highest BCUT2D eigenvalue weighted by atomic mass is 16.5. The van der Waals surface area contributed by atoms with Gasteiger partial charge in [-0.3, -0.25) is 4.90 Å². The molecule has 1 fully saturated rings. The van der Waals surface area contributed by atoms with Crippen LogP contribution in [0.15, 0.2) is 18.2 Å². The number of likely N-dealkylation sites (N-methyl/N-ethyl adjacent to an activating group) is 1. The van der Waals surface area contributed by atoms with E-state index in [1.54, 1.807) is 0 Å². The van der Waals surface area contributed by atoms with Crippen molar-refractivity contribution >= 4 is 5.69 Å². The van der Waals surface area contributed by atoms with Crippen molar-refractivity contribution in [3.05, 3.63) is 23.8 Å². The number of benzene rings is 1. The first kappa shape index (κ1) is 15.1. The lowest BCUT2D eigenvalue weighted by Crippen LogP contribution is -2.23. The molecule has 112 valence electrons. The highest BCUT2D eigenvalue weighted by Gasteiger charge is 2.21. The van der Waals surface area contributed by atoms with Crippen LogP contribution in [-0.4, -0.2) is 38.3 Å². The van der Waals surface area contributed by atoms with Crippen LogP contribution in [0.1, 0.15) is 25.3 Å². The molecule has 0 radical (unpaired) electrons. The topological polar surface area (TPSA) is 47.7 Å². The quantitative estimate of drug-likeness (QED) is 0.557. The molecule has 2 N–H and O–H groups in total. The number of nitrogens with two attached hydrogens (primary N) is 1. The van der Waals surface area contributed by atoms with Gasteiger partial charge in [0.15, 0.2) is 0 Å². The molecule has 2 rings (SSSR count). The number of rotatable bonds is 9. The van der Waals surface area contributed by atoms with Crippen LogP contribution in [0.5, 0.6) is 5.75 Å². The summed E-state index contributed by atoms with van der Waals surface area (Å²) in [4.78, 5) is 2.24. The predicted molar refractivity (Wildman–Crippen MR) is 81.9 cm³/mol. The van der Waals surface area contributed by atoms with Crippen molar-refractivity contribution in [3.63, 3.8) is 0 Å². The average Bonchev–Trinajstić information content (AvgIpc) is 3.22. The molecule has 0 amide bonds. The van der Waals surface area contributed by atoms with Crippen molar-refractivity contribution in [1.29, 1.82) is 0 Å². The van der Waals surface area contributed by atoms with Crippen LogP contribution in [0.4, 0.5) is 5.69 Å². The van der Waals surface area contributed by atoms with Gasteiger partial charge >= 0.3 is 0 Å². The summed E-state index contributed by atoms with van der Waals surface area (Å²) >= 11 is 0. The summed E-state index contributed by atoms with van der Waals surface area (Å²) in [6.07, 6.45) is 2.69. The Bertz CT molecular complexity index is 419. The van der Waals surface area contributed by atoms with E-state index in [9.17, 15) is 0 Å². The molecule has 0 aliphatic heterocycles. The van der Waals surface area contributed by atoms with Crippen molar-refractivity contribution < 1.29 is 9.47 Å². The minimum absolute atomic E-state index is 0.672. The molecule has 1 saturated carbocycles. The molecule has 4 heteroatoms. The first-order valence-corrected chi connectivity index (χ1v) is 7.46. The summed E-state index contributed by atoms with van der Waals surface area (Å²) in [5, 5.41) is 0. The summed E-state index contributed by atoms with van der Waals surface area (Å²) in [6, 6.07) is 5.82. The van der Waals surface area contributed by atoms with E-state index in [2.05, 4.69) is 11.9 Å². The lowest BCUT2D eigenvalue weighted by atomic mass is 10.1. The van der Waals surface area contributed by atoms with Crippen molar-refractivity contribution in [2.75, 3.05) is 39.1 Å². The van der Waals surface area contributed by atoms with Crippen LogP contribution in [0.25, 0.3) is 0 Å². The van der Waals surface area contributed by atoms with E-state index in [0.717, 1.165) is 49.2 Å². The minimum Gasteiger partial charge on any atom is -0.494 e. The van der Waals surface area contributed by atoms with Gasteiger partial charge in [-0.1, -0.05) is 0 Å². The molecule has 0 saturated heterocycles. The lowest BCUT2D eigenvalue weighted by Gasteiger charge is -2.19. The molecule has 1 aromatic rings. The zero-order valence-corrected chi connectivity index (χ0v) is 12.6. The third-order valence-corrected chi connectivity index (χ3v) is 3.49. The highest BCUT2D eigenvalue weighted by Crippen LogP contribution is 2.28. The molecular formula is C16H26N2O2. The predicted octanol–water partition coefficient (Wildman–Crippen LogP) is 2.53. The third-order valence-electron chi connectivity index (χ3n) is 3.49. The van der Waals surface area contributed by atoms with Crippen LogP contribution >= 0.6 is 0 Å². The number of ether oxygens (including phenoxy) is 2. The molecular weight excluding hydrogens is 252 g/mol. The van der Waals surface area contributed by atoms with Gasteiger partial charge in [-0.05, 0) is 50.9 Å². The monoisotopic (exact) mass is 278 g/mol. The Morgan fingerprint density at radius 1 is 1.35 bits per heavy atom. The first-order chi connectivity index (χ1) is 9.69. The minimum atomic E-state index is 0.672. The van der Waals surface area contributed by atoms with Gasteiger partial charge in [-0.2, -0.15) is 0 Å². The van der Waals surface area contributed by atoms with Crippen LogP contribution in [0, 0.1) is 5.92 Å². The highest BCUT2D eigenvalue weighted by molar-refractivity contribution is 5.47. The fourth-order valence-corrected chi connectivity index (χ4v) is 2.14. The van der Waals surface area contributed by atoms with E-state index in [4.69, 9.17) is 15.2 Å². The van der Waals surface area contributed by atoms with Gasteiger partial charge in [0.05, 0.1) is 13.2 Å². The summed E-state index contributed by atoms with van der Waals surface area (Å²) < 4.78 is 11.3. The molecule has 0 atom stereocenters. The van der Waals surface area contributed by atoms with Gasteiger partial charge in [-0.15, -0.1) is 0 Å². The maximum atomic E-state index is 5.86. The van der Waals surface area contributed by atoms with Gasteiger partial charge in [0, 0.05) is 30.9 Å². The summed E-state index contributed by atoms with van der Waals surface area (Å²) in [5.74, 6) is 1.76. The van der Waals surface area contributed by atoms with Crippen LogP contribution < -0.4 is 10.5 Å². The van der Waals surface area contributed by atoms with E-state index in [1.807, 2.05) is 25.1 Å². The molecule has 0 aromatic heterocycles. The number of hydrogen-bond acceptors (Lipinski definition) is 4. The fraction of sp³-hybridized carbons (Fsp3) is 0.625. The second-order valence-corrected chi connectivity index (χ2v) is 5.56. The average molecular weight is 278 g/mol. The van der Waals surface area contributed by atoms with Gasteiger partial charge in [-0.25, -0.2) is 0 Å². The van der Waals surface area contributed by atoms with E-state index in [-0.39, 0.29) is 0 Å². The summed E-state index contributed by atoms with van der Waals surface area (Å²) in [5.41, 5.74) is 7.78. The third kappa shape index (κ3) is 5.02. The smallest absolute Gasteiger partial charge is 0.123 e. The normalized spacial score (nSPS) is 14.8. The van der Waals surface area contributed by atoms with Crippen molar-refractivity contribution in [2.45, 2.75) is 26.3 Å². The number of hydrogen-bond donors (Lipinski definition) is 1. The molecule has 0 bridgehead atoms. The molecule has 0 unspecified atom stereocenters. The fourth-order valence-electron chi connectivity index (χ4n) is 2.14. The Morgan fingerprint density at radius 2 is 2.15 bits per heavy atom. The second-order valence-electron chi connectivity index (χ2n) is 5.56. The van der Waals surface area contributed by atoms with Gasteiger partial charge < -0.3 is 15.2 Å². The summed E-state index contributed by atoms with van der Waals surface area (Å²) in [6.45, 7) is 6.14. The zero-order valence-electron chi connectivity index (χ0n) is 12.6. The Kier molecular flexibility index (Phi) is 5.68. The zero-order chi connectivity index (χ0) is 14.4. The molecule has 0 heterocycles. The molecule has 1 aliphatic carbocycles. The Hall–Kier alpha value is -1.26. The first-order valence-electron chi connectivity index (χ1n) is 7.46. The largest absolute Gasteiger partial charge is 0.494 e. The Labute approximate surface area is 121 Å². The number of anilines is 1. The van der Waals surface area contributed by atoms with Crippen LogP contribution in [0.2, 0.25) is 0 Å². The second kappa shape index (κ2) is 7.50. The maximum Gasteiger partial charge on any atom is 0.123 e. The SMILES string of the molecule is CCOc1ccc(N)cc1CN(C)CCOCC1CC1. The van der Waals surface area contributed by atoms with Gasteiger partial charge in [0.25, 0.3) is 0 Å². The van der Waals surface area contributed by atoms with Crippen molar-refractivity contribution in [1.82, 2.24) is 4.90 Å². The lowest BCUT2D eigenvalue weighted by molar-refractivity contribution is 0.101. The maximum absolute atomic E-state index is 5.86. The van der Waals surface area contributed by atoms with Crippen LogP contribution in [-0.2, 0) is 11.3 Å². The number of nitrogens with zero attached hydrogens (tertiary/aromatic N) is 1. The standard InChI is InChI=1S/C16H26N2O2/c1-3-20-16-7-6-15(17)10-14(16)11-18(2)8-9-19-12-13-4-5-13/h6-7,10,13H,3-5,8-9,11-12,17H2,1-2H3. The van der Waals surface area contributed by atoms with E-state index in [0.29, 0.717) is 6.61 Å².